The summed E-state index contributed by atoms with van der Waals surface area (Å²) in [5.41, 5.74) is 2.76. The lowest BCUT2D eigenvalue weighted by Gasteiger charge is -2.24. The quantitative estimate of drug-likeness (QED) is 0.691. The molecule has 1 unspecified atom stereocenters. The number of hydrogen-bond acceptors (Lipinski definition) is 4. The van der Waals surface area contributed by atoms with Gasteiger partial charge in [-0.1, -0.05) is 12.1 Å². The molecule has 5 nitrogen and oxygen atoms in total. The number of phenols is 1. The first-order valence-corrected chi connectivity index (χ1v) is 7.28. The number of hydrogen-bond donors (Lipinski definition) is 1. The molecule has 2 aliphatic rings. The van der Waals surface area contributed by atoms with E-state index in [2.05, 4.69) is 0 Å². The Hall–Kier alpha value is -2.40. The average molecular weight is 297 g/mol. The number of fused-ring (bicyclic) bond motifs is 4. The van der Waals surface area contributed by atoms with E-state index in [0.29, 0.717) is 24.3 Å². The molecule has 1 aliphatic heterocycles. The number of aromatic nitrogens is 1. The lowest BCUT2D eigenvalue weighted by Crippen LogP contribution is -2.24. The van der Waals surface area contributed by atoms with Crippen LogP contribution >= 0.6 is 0 Å². The summed E-state index contributed by atoms with van der Waals surface area (Å²) in [5.74, 6) is -0.640. The van der Waals surface area contributed by atoms with E-state index < -0.39 is 0 Å². The number of benzene rings is 1. The molecule has 1 N–H and O–H groups in total. The van der Waals surface area contributed by atoms with Gasteiger partial charge in [-0.2, -0.15) is 0 Å². The van der Waals surface area contributed by atoms with Crippen LogP contribution in [0.2, 0.25) is 0 Å². The van der Waals surface area contributed by atoms with Crippen molar-refractivity contribution in [3.05, 3.63) is 51.8 Å². The Morgan fingerprint density at radius 3 is 2.73 bits per heavy atom. The fourth-order valence-electron chi connectivity index (χ4n) is 3.61. The van der Waals surface area contributed by atoms with Gasteiger partial charge in [0.2, 0.25) is 0 Å². The summed E-state index contributed by atoms with van der Waals surface area (Å²) in [5, 5.41) is 10.0. The van der Waals surface area contributed by atoms with Gasteiger partial charge in [0, 0.05) is 17.8 Å². The van der Waals surface area contributed by atoms with Crippen LogP contribution in [0.5, 0.6) is 5.75 Å². The molecule has 2 aromatic rings. The number of ether oxygens (including phenoxy) is 1. The van der Waals surface area contributed by atoms with Crippen molar-refractivity contribution in [2.24, 2.45) is 0 Å². The van der Waals surface area contributed by atoms with Gasteiger partial charge in [-0.15, -0.1) is 0 Å². The predicted molar refractivity (Wildman–Crippen MR) is 78.5 cm³/mol. The fourth-order valence-corrected chi connectivity index (χ4v) is 3.61. The summed E-state index contributed by atoms with van der Waals surface area (Å²) in [6.07, 6.45) is -0.230. The number of aromatic hydroxyl groups is 1. The Balaban J connectivity index is 2.08. The number of ketones is 2. The molecular weight excluding hydrogens is 282 g/mol. The minimum absolute atomic E-state index is 0.111. The molecule has 1 atom stereocenters. The van der Waals surface area contributed by atoms with Crippen molar-refractivity contribution in [3.8, 4) is 5.75 Å². The van der Waals surface area contributed by atoms with Crippen molar-refractivity contribution in [2.75, 3.05) is 6.61 Å². The van der Waals surface area contributed by atoms with E-state index in [1.54, 1.807) is 12.1 Å². The summed E-state index contributed by atoms with van der Waals surface area (Å²) >= 11 is 0. The maximum absolute atomic E-state index is 12.9. The first-order chi connectivity index (χ1) is 10.5. The lowest BCUT2D eigenvalue weighted by atomic mass is 9.83. The summed E-state index contributed by atoms with van der Waals surface area (Å²) in [7, 11) is 0. The number of rotatable bonds is 0. The number of nitrogens with zero attached hydrogens (tertiary/aromatic N) is 1. The number of carbonyl (C=O) groups excluding carboxylic acids is 2. The van der Waals surface area contributed by atoms with E-state index in [9.17, 15) is 14.7 Å². The molecule has 112 valence electrons. The molecule has 1 aromatic carbocycles. The van der Waals surface area contributed by atoms with Gasteiger partial charge >= 0.3 is 0 Å². The Labute approximate surface area is 127 Å². The van der Waals surface area contributed by atoms with Crippen LogP contribution in [-0.4, -0.2) is 27.8 Å². The fraction of sp³-hybridized carbons (Fsp3) is 0.294. The van der Waals surface area contributed by atoms with Gasteiger partial charge in [-0.3, -0.25) is 9.59 Å². The van der Waals surface area contributed by atoms with Crippen LogP contribution in [0.3, 0.4) is 0 Å². The Bertz CT molecular complexity index is 847. The Kier molecular flexibility index (Phi) is 2.60. The second kappa shape index (κ2) is 4.30. The minimum Gasteiger partial charge on any atom is -0.507 e. The molecule has 0 fully saturated rings. The van der Waals surface area contributed by atoms with Gasteiger partial charge in [-0.25, -0.2) is 0 Å². The molecule has 0 spiro atoms. The first kappa shape index (κ1) is 13.3. The van der Waals surface area contributed by atoms with E-state index >= 15 is 0 Å². The maximum atomic E-state index is 12.9. The zero-order chi connectivity index (χ0) is 15.6. The van der Waals surface area contributed by atoms with Gasteiger partial charge in [0.05, 0.1) is 35.1 Å². The molecule has 0 bridgehead atoms. The predicted octanol–water partition coefficient (Wildman–Crippen LogP) is 2.37. The molecule has 0 radical (unpaired) electrons. The summed E-state index contributed by atoms with van der Waals surface area (Å²) in [6.45, 7) is 4.92. The Morgan fingerprint density at radius 2 is 1.95 bits per heavy atom. The highest BCUT2D eigenvalue weighted by molar-refractivity contribution is 6.30. The molecule has 1 aromatic heterocycles. The second-order valence-electron chi connectivity index (χ2n) is 5.74. The van der Waals surface area contributed by atoms with E-state index in [1.807, 2.05) is 18.4 Å². The zero-order valence-electron chi connectivity index (χ0n) is 12.3. The topological polar surface area (TPSA) is 68.5 Å². The van der Waals surface area contributed by atoms with Crippen LogP contribution in [0.1, 0.15) is 56.3 Å². The van der Waals surface area contributed by atoms with Crippen LogP contribution in [0, 0.1) is 6.92 Å². The SMILES string of the molecule is Cc1c2c(c3n1CCOC3C)C(=O)c1cccc(O)c1C2=O. The molecule has 2 heterocycles. The van der Waals surface area contributed by atoms with Gasteiger partial charge < -0.3 is 14.4 Å². The van der Waals surface area contributed by atoms with Gasteiger partial charge in [0.25, 0.3) is 0 Å². The van der Waals surface area contributed by atoms with Crippen LogP contribution in [0.25, 0.3) is 0 Å². The smallest absolute Gasteiger partial charge is 0.200 e. The third kappa shape index (κ3) is 1.46. The van der Waals surface area contributed by atoms with Crippen molar-refractivity contribution in [1.29, 1.82) is 0 Å². The highest BCUT2D eigenvalue weighted by Gasteiger charge is 2.40. The summed E-state index contributed by atoms with van der Waals surface area (Å²) in [4.78, 5) is 25.8. The molecule has 0 saturated carbocycles. The van der Waals surface area contributed by atoms with Crippen molar-refractivity contribution in [1.82, 2.24) is 4.57 Å². The van der Waals surface area contributed by atoms with E-state index in [4.69, 9.17) is 4.74 Å². The summed E-state index contributed by atoms with van der Waals surface area (Å²) < 4.78 is 7.64. The van der Waals surface area contributed by atoms with Crippen LogP contribution in [-0.2, 0) is 11.3 Å². The zero-order valence-corrected chi connectivity index (χ0v) is 12.3. The second-order valence-corrected chi connectivity index (χ2v) is 5.74. The largest absolute Gasteiger partial charge is 0.507 e. The van der Waals surface area contributed by atoms with E-state index in [1.165, 1.54) is 6.07 Å². The van der Waals surface area contributed by atoms with Crippen LogP contribution < -0.4 is 0 Å². The normalized spacial score (nSPS) is 19.6. The molecule has 1 aliphatic carbocycles. The third-order valence-corrected chi connectivity index (χ3v) is 4.60. The van der Waals surface area contributed by atoms with Gasteiger partial charge in [0.15, 0.2) is 11.6 Å². The third-order valence-electron chi connectivity index (χ3n) is 4.60. The Morgan fingerprint density at radius 1 is 1.18 bits per heavy atom. The molecular formula is C17H15NO4. The van der Waals surface area contributed by atoms with Crippen LogP contribution in [0.15, 0.2) is 18.2 Å². The highest BCUT2D eigenvalue weighted by atomic mass is 16.5. The van der Waals surface area contributed by atoms with Crippen molar-refractivity contribution < 1.29 is 19.4 Å². The molecule has 0 saturated heterocycles. The van der Waals surface area contributed by atoms with E-state index in [0.717, 1.165) is 11.4 Å². The first-order valence-electron chi connectivity index (χ1n) is 7.28. The average Bonchev–Trinajstić information content (AvgIpc) is 2.80. The maximum Gasteiger partial charge on any atom is 0.200 e. The molecule has 22 heavy (non-hydrogen) atoms. The monoisotopic (exact) mass is 297 g/mol. The van der Waals surface area contributed by atoms with Crippen molar-refractivity contribution >= 4 is 11.6 Å². The standard InChI is InChI=1S/C17H15NO4/c1-8-12-14(15-9(2)22-7-6-18(8)15)16(20)10-4-3-5-11(19)13(10)17(12)21/h3-5,9,19H,6-7H2,1-2H3. The molecule has 0 amide bonds. The van der Waals surface area contributed by atoms with Gasteiger partial charge in [-0.05, 0) is 19.9 Å². The number of phenolic OH excluding ortho intramolecular Hbond substituents is 1. The molecule has 4 rings (SSSR count). The van der Waals surface area contributed by atoms with Crippen LogP contribution in [0.4, 0.5) is 0 Å². The molecule has 5 heteroatoms. The van der Waals surface area contributed by atoms with Crippen molar-refractivity contribution in [2.45, 2.75) is 26.5 Å². The highest BCUT2D eigenvalue weighted by Crippen LogP contribution is 2.40. The van der Waals surface area contributed by atoms with E-state index in [-0.39, 0.29) is 34.5 Å². The number of carbonyl (C=O) groups is 2. The van der Waals surface area contributed by atoms with Crippen molar-refractivity contribution in [3.63, 3.8) is 0 Å². The van der Waals surface area contributed by atoms with Gasteiger partial charge in [0.1, 0.15) is 5.75 Å². The minimum atomic E-state index is -0.283. The lowest BCUT2D eigenvalue weighted by molar-refractivity contribution is 0.0315. The summed E-state index contributed by atoms with van der Waals surface area (Å²) in [6, 6.07) is 4.61.